The highest BCUT2D eigenvalue weighted by Crippen LogP contribution is 2.28. The van der Waals surface area contributed by atoms with Gasteiger partial charge in [0.25, 0.3) is 5.91 Å². The van der Waals surface area contributed by atoms with Crippen molar-refractivity contribution in [3.8, 4) is 0 Å². The minimum atomic E-state index is -0.238. The number of thiazole rings is 1. The van der Waals surface area contributed by atoms with E-state index in [9.17, 15) is 4.79 Å². The van der Waals surface area contributed by atoms with Crippen molar-refractivity contribution in [1.82, 2.24) is 19.7 Å². The highest BCUT2D eigenvalue weighted by atomic mass is 35.5. The van der Waals surface area contributed by atoms with Gasteiger partial charge in [0.1, 0.15) is 0 Å². The van der Waals surface area contributed by atoms with Gasteiger partial charge < -0.3 is 0 Å². The smallest absolute Gasteiger partial charge is 0.258 e. The van der Waals surface area contributed by atoms with Crippen LogP contribution in [0.4, 0.5) is 5.13 Å². The van der Waals surface area contributed by atoms with Crippen LogP contribution in [-0.2, 0) is 13.5 Å². The second kappa shape index (κ2) is 7.74. The first-order valence-electron chi connectivity index (χ1n) is 8.82. The summed E-state index contributed by atoms with van der Waals surface area (Å²) in [6.07, 6.45) is 2.33. The number of hydrogen-bond acceptors (Lipinski definition) is 5. The number of carbonyl (C=O) groups is 1. The molecular formula is C20H17Cl2N5OS. The molecule has 29 heavy (non-hydrogen) atoms. The normalized spacial score (nSPS) is 11.2. The summed E-state index contributed by atoms with van der Waals surface area (Å²) < 4.78 is 1.69. The fourth-order valence-corrected chi connectivity index (χ4v) is 4.44. The van der Waals surface area contributed by atoms with E-state index in [2.05, 4.69) is 20.4 Å². The van der Waals surface area contributed by atoms with Gasteiger partial charge in [0.05, 0.1) is 16.6 Å². The summed E-state index contributed by atoms with van der Waals surface area (Å²) in [5.41, 5.74) is 3.64. The number of nitrogens with zero attached hydrogens (tertiary/aromatic N) is 4. The molecule has 0 aliphatic heterocycles. The number of aryl methyl sites for hydroxylation is 3. The van der Waals surface area contributed by atoms with Gasteiger partial charge in [0, 0.05) is 40.3 Å². The number of hydrogen-bond donors (Lipinski definition) is 1. The van der Waals surface area contributed by atoms with Crippen LogP contribution in [0.25, 0.3) is 11.0 Å². The van der Waals surface area contributed by atoms with E-state index >= 15 is 0 Å². The molecule has 0 atom stereocenters. The fraction of sp³-hybridized carbons (Fsp3) is 0.200. The van der Waals surface area contributed by atoms with Crippen molar-refractivity contribution in [2.75, 3.05) is 5.32 Å². The average Bonchev–Trinajstić information content (AvgIpc) is 3.21. The first-order valence-corrected chi connectivity index (χ1v) is 10.4. The Morgan fingerprint density at radius 2 is 2.03 bits per heavy atom. The predicted octanol–water partition coefficient (Wildman–Crippen LogP) is 5.19. The number of fused-ring (bicyclic) bond motifs is 1. The SMILES string of the molecule is Cc1cc(C(=O)Nc2ncc(Cc3cc(Cl)ccc3Cl)s2)c2c(C)nn(C)c2n1. The van der Waals surface area contributed by atoms with Crippen LogP contribution in [0.1, 0.15) is 32.2 Å². The number of carbonyl (C=O) groups excluding carboxylic acids is 1. The lowest BCUT2D eigenvalue weighted by Gasteiger charge is -2.06. The maximum atomic E-state index is 13.0. The van der Waals surface area contributed by atoms with Crippen LogP contribution in [0.3, 0.4) is 0 Å². The van der Waals surface area contributed by atoms with Crippen LogP contribution in [0.2, 0.25) is 10.0 Å². The summed E-state index contributed by atoms with van der Waals surface area (Å²) in [6.45, 7) is 3.72. The molecule has 0 aliphatic rings. The monoisotopic (exact) mass is 445 g/mol. The first-order chi connectivity index (χ1) is 13.8. The molecule has 0 aliphatic carbocycles. The lowest BCUT2D eigenvalue weighted by molar-refractivity contribution is 0.102. The van der Waals surface area contributed by atoms with Gasteiger partial charge in [-0.2, -0.15) is 5.10 Å². The lowest BCUT2D eigenvalue weighted by Crippen LogP contribution is -2.13. The van der Waals surface area contributed by atoms with Gasteiger partial charge in [-0.3, -0.25) is 14.8 Å². The second-order valence-electron chi connectivity index (χ2n) is 6.72. The zero-order valence-corrected chi connectivity index (χ0v) is 18.3. The summed E-state index contributed by atoms with van der Waals surface area (Å²) in [5, 5.41) is 9.82. The van der Waals surface area contributed by atoms with Gasteiger partial charge in [-0.05, 0) is 43.7 Å². The van der Waals surface area contributed by atoms with Crippen LogP contribution in [0.5, 0.6) is 0 Å². The Hall–Kier alpha value is -2.48. The van der Waals surface area contributed by atoms with E-state index in [0.717, 1.165) is 27.2 Å². The summed E-state index contributed by atoms with van der Waals surface area (Å²) in [4.78, 5) is 22.8. The third kappa shape index (κ3) is 3.99. The standard InChI is InChI=1S/C20H17Cl2N5OS/c1-10-6-15(17-11(2)26-27(3)18(17)24-10)19(28)25-20-23-9-14(29-20)8-12-7-13(21)4-5-16(12)22/h4-7,9H,8H2,1-3H3,(H,23,25,28). The number of amides is 1. The van der Waals surface area contributed by atoms with Crippen LogP contribution < -0.4 is 5.32 Å². The van der Waals surface area contributed by atoms with Gasteiger partial charge in [-0.25, -0.2) is 9.97 Å². The van der Waals surface area contributed by atoms with Gasteiger partial charge in [0.2, 0.25) is 0 Å². The minimum absolute atomic E-state index is 0.238. The molecule has 148 valence electrons. The molecule has 0 saturated carbocycles. The van der Waals surface area contributed by atoms with Gasteiger partial charge in [0.15, 0.2) is 10.8 Å². The van der Waals surface area contributed by atoms with E-state index in [1.807, 2.05) is 27.0 Å². The third-order valence-corrected chi connectivity index (χ3v) is 6.00. The zero-order valence-electron chi connectivity index (χ0n) is 16.0. The highest BCUT2D eigenvalue weighted by Gasteiger charge is 2.19. The van der Waals surface area contributed by atoms with Crippen molar-refractivity contribution in [2.24, 2.45) is 7.05 Å². The Kier molecular flexibility index (Phi) is 5.29. The fourth-order valence-electron chi connectivity index (χ4n) is 3.23. The lowest BCUT2D eigenvalue weighted by atomic mass is 10.1. The number of nitrogens with one attached hydrogen (secondary N) is 1. The molecule has 6 nitrogen and oxygen atoms in total. The predicted molar refractivity (Wildman–Crippen MR) is 117 cm³/mol. The summed E-state index contributed by atoms with van der Waals surface area (Å²) in [7, 11) is 1.82. The number of aromatic nitrogens is 4. The van der Waals surface area contributed by atoms with Crippen LogP contribution in [-0.4, -0.2) is 25.7 Å². The van der Waals surface area contributed by atoms with E-state index < -0.39 is 0 Å². The van der Waals surface area contributed by atoms with E-state index in [-0.39, 0.29) is 5.91 Å². The Balaban J connectivity index is 1.59. The number of benzene rings is 1. The molecule has 0 radical (unpaired) electrons. The molecule has 1 aromatic carbocycles. The van der Waals surface area contributed by atoms with Crippen LogP contribution >= 0.6 is 34.5 Å². The number of pyridine rings is 1. The van der Waals surface area contributed by atoms with Crippen molar-refractivity contribution in [3.63, 3.8) is 0 Å². The Morgan fingerprint density at radius 1 is 1.24 bits per heavy atom. The van der Waals surface area contributed by atoms with E-state index in [1.54, 1.807) is 29.1 Å². The molecule has 4 aromatic rings. The Labute approximate surface area is 181 Å². The molecule has 1 N–H and O–H groups in total. The van der Waals surface area contributed by atoms with Crippen LogP contribution in [0.15, 0.2) is 30.5 Å². The molecule has 1 amide bonds. The Bertz CT molecular complexity index is 1250. The van der Waals surface area contributed by atoms with E-state index in [1.165, 1.54) is 11.3 Å². The molecule has 3 aromatic heterocycles. The topological polar surface area (TPSA) is 72.7 Å². The molecule has 3 heterocycles. The third-order valence-electron chi connectivity index (χ3n) is 4.49. The van der Waals surface area contributed by atoms with E-state index in [4.69, 9.17) is 23.2 Å². The van der Waals surface area contributed by atoms with Crippen molar-refractivity contribution >= 4 is 56.6 Å². The summed E-state index contributed by atoms with van der Waals surface area (Å²) in [5.74, 6) is -0.238. The average molecular weight is 446 g/mol. The maximum absolute atomic E-state index is 13.0. The zero-order chi connectivity index (χ0) is 20.7. The largest absolute Gasteiger partial charge is 0.298 e. The summed E-state index contributed by atoms with van der Waals surface area (Å²) >= 11 is 13.7. The van der Waals surface area contributed by atoms with Crippen molar-refractivity contribution < 1.29 is 4.79 Å². The number of halogens is 2. The first kappa shape index (κ1) is 19.8. The maximum Gasteiger partial charge on any atom is 0.258 e. The number of rotatable bonds is 4. The molecular weight excluding hydrogens is 429 g/mol. The number of anilines is 1. The van der Waals surface area contributed by atoms with Crippen LogP contribution in [0, 0.1) is 13.8 Å². The molecule has 9 heteroatoms. The molecule has 0 fully saturated rings. The van der Waals surface area contributed by atoms with Gasteiger partial charge in [-0.1, -0.05) is 23.2 Å². The summed E-state index contributed by atoms with van der Waals surface area (Å²) in [6, 6.07) is 7.13. The molecule has 0 bridgehead atoms. The molecule has 0 unspecified atom stereocenters. The molecule has 0 spiro atoms. The highest BCUT2D eigenvalue weighted by molar-refractivity contribution is 7.15. The second-order valence-corrected chi connectivity index (χ2v) is 8.68. The molecule has 4 rings (SSSR count). The quantitative estimate of drug-likeness (QED) is 0.468. The van der Waals surface area contributed by atoms with Crippen molar-refractivity contribution in [3.05, 3.63) is 67.9 Å². The molecule has 0 saturated heterocycles. The van der Waals surface area contributed by atoms with Gasteiger partial charge >= 0.3 is 0 Å². The van der Waals surface area contributed by atoms with Gasteiger partial charge in [-0.15, -0.1) is 11.3 Å². The Morgan fingerprint density at radius 3 is 2.83 bits per heavy atom. The van der Waals surface area contributed by atoms with E-state index in [0.29, 0.717) is 32.8 Å². The van der Waals surface area contributed by atoms with Crippen molar-refractivity contribution in [1.29, 1.82) is 0 Å². The minimum Gasteiger partial charge on any atom is -0.298 e. The van der Waals surface area contributed by atoms with Crippen molar-refractivity contribution in [2.45, 2.75) is 20.3 Å².